The van der Waals surface area contributed by atoms with Crippen molar-refractivity contribution in [3.8, 4) is 0 Å². The molecular weight excluding hydrogens is 250 g/mol. The van der Waals surface area contributed by atoms with Crippen molar-refractivity contribution in [2.75, 3.05) is 13.1 Å². The Morgan fingerprint density at radius 2 is 1.61 bits per heavy atom. The summed E-state index contributed by atoms with van der Waals surface area (Å²) in [6.07, 6.45) is 3.06. The first-order chi connectivity index (χ1) is 8.56. The lowest BCUT2D eigenvalue weighted by Gasteiger charge is -2.19. The van der Waals surface area contributed by atoms with Crippen molar-refractivity contribution >= 4 is 10.0 Å². The lowest BCUT2D eigenvalue weighted by Crippen LogP contribution is -2.31. The monoisotopic (exact) mass is 267 g/mol. The predicted octanol–water partition coefficient (Wildman–Crippen LogP) is 1.54. The van der Waals surface area contributed by atoms with Crippen LogP contribution < -0.4 is 0 Å². The molecule has 0 amide bonds. The van der Waals surface area contributed by atoms with Gasteiger partial charge in [0.2, 0.25) is 10.0 Å². The van der Waals surface area contributed by atoms with Crippen LogP contribution in [0.4, 0.5) is 0 Å². The van der Waals surface area contributed by atoms with Crippen LogP contribution in [0.5, 0.6) is 0 Å². The molecular formula is C13H17NO3S. The molecule has 98 valence electrons. The number of hydrogen-bond donors (Lipinski definition) is 1. The zero-order chi connectivity index (χ0) is 13.6. The molecule has 4 nitrogen and oxygen atoms in total. The van der Waals surface area contributed by atoms with Crippen LogP contribution in [0.25, 0.3) is 0 Å². The van der Waals surface area contributed by atoms with E-state index in [4.69, 9.17) is 5.11 Å². The SMILES string of the molecule is C=CCN(CC=C)S(=O)(=O)c1ccc(CO)cc1. The fraction of sp³-hybridized carbons (Fsp3) is 0.231. The second-order valence-electron chi connectivity index (χ2n) is 3.70. The highest BCUT2D eigenvalue weighted by atomic mass is 32.2. The van der Waals surface area contributed by atoms with Gasteiger partial charge in [0.25, 0.3) is 0 Å². The Morgan fingerprint density at radius 1 is 1.11 bits per heavy atom. The fourth-order valence-corrected chi connectivity index (χ4v) is 2.86. The van der Waals surface area contributed by atoms with Crippen molar-refractivity contribution in [1.29, 1.82) is 0 Å². The highest BCUT2D eigenvalue weighted by molar-refractivity contribution is 7.89. The summed E-state index contributed by atoms with van der Waals surface area (Å²) in [5.41, 5.74) is 0.674. The lowest BCUT2D eigenvalue weighted by molar-refractivity contribution is 0.281. The molecule has 18 heavy (non-hydrogen) atoms. The normalized spacial score (nSPS) is 11.4. The van der Waals surface area contributed by atoms with Crippen molar-refractivity contribution in [2.45, 2.75) is 11.5 Å². The molecule has 0 atom stereocenters. The third-order valence-electron chi connectivity index (χ3n) is 2.41. The first-order valence-electron chi connectivity index (χ1n) is 5.48. The van der Waals surface area contributed by atoms with Gasteiger partial charge in [-0.15, -0.1) is 13.2 Å². The molecule has 0 aliphatic rings. The molecule has 0 aromatic heterocycles. The summed E-state index contributed by atoms with van der Waals surface area (Å²) in [6, 6.07) is 6.15. The third-order valence-corrected chi connectivity index (χ3v) is 4.26. The van der Waals surface area contributed by atoms with Crippen LogP contribution in [-0.2, 0) is 16.6 Å². The van der Waals surface area contributed by atoms with E-state index in [0.717, 1.165) is 0 Å². The van der Waals surface area contributed by atoms with Gasteiger partial charge in [0.1, 0.15) is 0 Å². The largest absolute Gasteiger partial charge is 0.392 e. The van der Waals surface area contributed by atoms with Crippen LogP contribution in [0, 0.1) is 0 Å². The maximum Gasteiger partial charge on any atom is 0.243 e. The number of rotatable bonds is 7. The van der Waals surface area contributed by atoms with Crippen LogP contribution in [0.1, 0.15) is 5.56 Å². The lowest BCUT2D eigenvalue weighted by atomic mass is 10.2. The van der Waals surface area contributed by atoms with Gasteiger partial charge >= 0.3 is 0 Å². The third kappa shape index (κ3) is 3.29. The summed E-state index contributed by atoms with van der Waals surface area (Å²) >= 11 is 0. The number of benzene rings is 1. The van der Waals surface area contributed by atoms with Crippen molar-refractivity contribution in [3.63, 3.8) is 0 Å². The van der Waals surface area contributed by atoms with Crippen molar-refractivity contribution < 1.29 is 13.5 Å². The first-order valence-corrected chi connectivity index (χ1v) is 6.92. The molecule has 1 aromatic carbocycles. The van der Waals surface area contributed by atoms with Gasteiger partial charge in [0.05, 0.1) is 11.5 Å². The zero-order valence-corrected chi connectivity index (χ0v) is 10.9. The second kappa shape index (κ2) is 6.49. The van der Waals surface area contributed by atoms with E-state index in [2.05, 4.69) is 13.2 Å². The quantitative estimate of drug-likeness (QED) is 0.762. The molecule has 0 aliphatic carbocycles. The molecule has 1 aromatic rings. The maximum atomic E-state index is 12.3. The highest BCUT2D eigenvalue weighted by Crippen LogP contribution is 2.16. The molecule has 0 radical (unpaired) electrons. The average Bonchev–Trinajstić information content (AvgIpc) is 2.38. The van der Waals surface area contributed by atoms with Gasteiger partial charge in [-0.05, 0) is 17.7 Å². The van der Waals surface area contributed by atoms with E-state index >= 15 is 0 Å². The fourth-order valence-electron chi connectivity index (χ4n) is 1.47. The Hall–Kier alpha value is -1.43. The van der Waals surface area contributed by atoms with Crippen LogP contribution in [0.3, 0.4) is 0 Å². The Kier molecular flexibility index (Phi) is 5.27. The molecule has 0 spiro atoms. The molecule has 0 unspecified atom stereocenters. The number of nitrogens with zero attached hydrogens (tertiary/aromatic N) is 1. The molecule has 5 heteroatoms. The topological polar surface area (TPSA) is 57.6 Å². The Morgan fingerprint density at radius 3 is 2.00 bits per heavy atom. The van der Waals surface area contributed by atoms with Crippen LogP contribution in [0.15, 0.2) is 54.5 Å². The molecule has 1 N–H and O–H groups in total. The van der Waals surface area contributed by atoms with Gasteiger partial charge in [-0.1, -0.05) is 24.3 Å². The summed E-state index contributed by atoms with van der Waals surface area (Å²) in [6.45, 7) is 7.44. The molecule has 0 bridgehead atoms. The first kappa shape index (κ1) is 14.6. The van der Waals surface area contributed by atoms with Crippen LogP contribution in [0.2, 0.25) is 0 Å². The van der Waals surface area contributed by atoms with Gasteiger partial charge in [-0.3, -0.25) is 0 Å². The van der Waals surface area contributed by atoms with Gasteiger partial charge in [-0.2, -0.15) is 4.31 Å². The minimum Gasteiger partial charge on any atom is -0.392 e. The Labute approximate surface area is 108 Å². The summed E-state index contributed by atoms with van der Waals surface area (Å²) in [4.78, 5) is 0.198. The standard InChI is InChI=1S/C13H17NO3S/c1-3-9-14(10-4-2)18(16,17)13-7-5-12(11-15)6-8-13/h3-8,15H,1-2,9-11H2. The van der Waals surface area contributed by atoms with E-state index in [-0.39, 0.29) is 24.6 Å². The van der Waals surface area contributed by atoms with E-state index in [9.17, 15) is 8.42 Å². The number of aliphatic hydroxyl groups is 1. The zero-order valence-electron chi connectivity index (χ0n) is 10.1. The van der Waals surface area contributed by atoms with E-state index in [1.165, 1.54) is 28.6 Å². The van der Waals surface area contributed by atoms with Gasteiger partial charge in [-0.25, -0.2) is 8.42 Å². The number of sulfonamides is 1. The van der Waals surface area contributed by atoms with E-state index < -0.39 is 10.0 Å². The average molecular weight is 267 g/mol. The number of hydrogen-bond acceptors (Lipinski definition) is 3. The van der Waals surface area contributed by atoms with Crippen LogP contribution >= 0.6 is 0 Å². The minimum atomic E-state index is -3.54. The van der Waals surface area contributed by atoms with Crippen LogP contribution in [-0.4, -0.2) is 30.9 Å². The van der Waals surface area contributed by atoms with Gasteiger partial charge in [0, 0.05) is 13.1 Å². The molecule has 0 aliphatic heterocycles. The maximum absolute atomic E-state index is 12.3. The van der Waals surface area contributed by atoms with E-state index in [0.29, 0.717) is 5.56 Å². The number of aliphatic hydroxyl groups excluding tert-OH is 1. The van der Waals surface area contributed by atoms with Crippen molar-refractivity contribution in [1.82, 2.24) is 4.31 Å². The van der Waals surface area contributed by atoms with E-state index in [1.54, 1.807) is 12.1 Å². The second-order valence-corrected chi connectivity index (χ2v) is 5.64. The molecule has 0 saturated heterocycles. The summed E-state index contributed by atoms with van der Waals surface area (Å²) < 4.78 is 25.8. The molecule has 0 fully saturated rings. The smallest absolute Gasteiger partial charge is 0.243 e. The van der Waals surface area contributed by atoms with Gasteiger partial charge in [0.15, 0.2) is 0 Å². The molecule has 1 rings (SSSR count). The molecule has 0 heterocycles. The predicted molar refractivity (Wildman–Crippen MR) is 71.5 cm³/mol. The Bertz CT molecular complexity index is 496. The Balaban J connectivity index is 3.08. The minimum absolute atomic E-state index is 0.108. The van der Waals surface area contributed by atoms with Crippen molar-refractivity contribution in [2.24, 2.45) is 0 Å². The summed E-state index contributed by atoms with van der Waals surface area (Å²) in [5, 5.41) is 8.92. The highest BCUT2D eigenvalue weighted by Gasteiger charge is 2.21. The van der Waals surface area contributed by atoms with Crippen molar-refractivity contribution in [3.05, 3.63) is 55.1 Å². The van der Waals surface area contributed by atoms with Gasteiger partial charge < -0.3 is 5.11 Å². The van der Waals surface area contributed by atoms with E-state index in [1.807, 2.05) is 0 Å². The molecule has 0 saturated carbocycles. The summed E-state index contributed by atoms with van der Waals surface area (Å²) in [5.74, 6) is 0. The summed E-state index contributed by atoms with van der Waals surface area (Å²) in [7, 11) is -3.54.